The molecule has 3 N–H and O–H groups in total. The number of hydrogen-bond acceptors (Lipinski definition) is 5. The Morgan fingerprint density at radius 3 is 1.21 bits per heavy atom. The van der Waals surface area contributed by atoms with Crippen molar-refractivity contribution in [2.24, 2.45) is 0 Å². The van der Waals surface area contributed by atoms with Crippen LogP contribution in [0.2, 0.25) is 0 Å². The summed E-state index contributed by atoms with van der Waals surface area (Å²) >= 11 is 0. The Hall–Kier alpha value is -1.54. The van der Waals surface area contributed by atoms with Crippen LogP contribution < -0.4 is 5.32 Å². The lowest BCUT2D eigenvalue weighted by Crippen LogP contribution is -2.45. The quantitative estimate of drug-likeness (QED) is 0.0243. The van der Waals surface area contributed by atoms with Crippen molar-refractivity contribution in [3.63, 3.8) is 0 Å². The van der Waals surface area contributed by atoms with Gasteiger partial charge in [0.2, 0.25) is 5.91 Å². The number of carbonyl (C=O) groups excluding carboxylic acids is 1. The zero-order valence-corrected chi connectivity index (χ0v) is 47.9. The van der Waals surface area contributed by atoms with Gasteiger partial charge in [0.1, 0.15) is 13.2 Å². The number of hydrogen-bond donors (Lipinski definition) is 3. The largest absolute Gasteiger partial charge is 0.472 e. The van der Waals surface area contributed by atoms with Gasteiger partial charge in [0, 0.05) is 6.42 Å². The van der Waals surface area contributed by atoms with Crippen LogP contribution in [0.25, 0.3) is 0 Å². The molecule has 0 aliphatic carbocycles. The SMILES string of the molecule is CCCCC/C=C\C/C=C\C/C=C\CCCCCCCCC(=O)NC(COP(=O)(O)OCC[N+](C)(C)C)C(O)/C=C/CCCCCCCCCCCCCCCCCCCCCCCCCCCCC. The molecule has 3 unspecified atom stereocenters. The number of nitrogens with one attached hydrogen (secondary N) is 1. The molecule has 0 spiro atoms. The van der Waals surface area contributed by atoms with E-state index in [0.29, 0.717) is 17.4 Å². The summed E-state index contributed by atoms with van der Waals surface area (Å²) in [4.78, 5) is 23.3. The number of phosphoric ester groups is 1. The zero-order chi connectivity index (χ0) is 51.3. The minimum Gasteiger partial charge on any atom is -0.387 e. The molecule has 8 nitrogen and oxygen atoms in total. The van der Waals surface area contributed by atoms with Gasteiger partial charge in [-0.25, -0.2) is 4.57 Å². The summed E-state index contributed by atoms with van der Waals surface area (Å²) in [5.74, 6) is -0.187. The predicted octanol–water partition coefficient (Wildman–Crippen LogP) is 18.3. The first-order valence-electron chi connectivity index (χ1n) is 30.0. The van der Waals surface area contributed by atoms with Crippen molar-refractivity contribution >= 4 is 13.7 Å². The number of allylic oxidation sites excluding steroid dienone is 7. The molecule has 0 aromatic heterocycles. The van der Waals surface area contributed by atoms with Crippen molar-refractivity contribution in [3.05, 3.63) is 48.6 Å². The van der Waals surface area contributed by atoms with Crippen LogP contribution in [-0.4, -0.2) is 73.4 Å². The normalized spacial score (nSPS) is 14.2. The van der Waals surface area contributed by atoms with Crippen molar-refractivity contribution in [1.82, 2.24) is 5.32 Å². The molecule has 0 fully saturated rings. The molecular formula is C61H118N2O6P+. The number of amides is 1. The maximum atomic E-state index is 13.0. The van der Waals surface area contributed by atoms with E-state index in [1.54, 1.807) is 6.08 Å². The van der Waals surface area contributed by atoms with Crippen LogP contribution in [0.3, 0.4) is 0 Å². The van der Waals surface area contributed by atoms with Gasteiger partial charge in [-0.15, -0.1) is 0 Å². The lowest BCUT2D eigenvalue weighted by molar-refractivity contribution is -0.870. The van der Waals surface area contributed by atoms with Crippen molar-refractivity contribution in [3.8, 4) is 0 Å². The van der Waals surface area contributed by atoms with E-state index in [-0.39, 0.29) is 19.1 Å². The number of phosphoric acid groups is 1. The van der Waals surface area contributed by atoms with Crippen LogP contribution in [0, 0.1) is 0 Å². The lowest BCUT2D eigenvalue weighted by atomic mass is 10.0. The maximum Gasteiger partial charge on any atom is 0.472 e. The van der Waals surface area contributed by atoms with Crippen LogP contribution in [0.4, 0.5) is 0 Å². The number of quaternary nitrogens is 1. The highest BCUT2D eigenvalue weighted by Gasteiger charge is 2.27. The smallest absolute Gasteiger partial charge is 0.387 e. The van der Waals surface area contributed by atoms with E-state index in [1.807, 2.05) is 27.2 Å². The summed E-state index contributed by atoms with van der Waals surface area (Å²) in [5, 5.41) is 13.9. The Kier molecular flexibility index (Phi) is 51.2. The van der Waals surface area contributed by atoms with Crippen molar-refractivity contribution in [2.45, 2.75) is 296 Å². The number of rotatable bonds is 55. The van der Waals surface area contributed by atoms with Gasteiger partial charge in [-0.1, -0.05) is 268 Å². The minimum absolute atomic E-state index is 0.0578. The summed E-state index contributed by atoms with van der Waals surface area (Å²) < 4.78 is 23.7. The molecule has 412 valence electrons. The number of nitrogens with zero attached hydrogens (tertiary/aromatic N) is 1. The van der Waals surface area contributed by atoms with E-state index >= 15 is 0 Å². The fraction of sp³-hybridized carbons (Fsp3) is 0.852. The Bertz CT molecular complexity index is 1280. The second kappa shape index (κ2) is 52.3. The molecule has 1 amide bonds. The number of aliphatic hydroxyl groups excluding tert-OH is 1. The molecule has 0 saturated carbocycles. The Morgan fingerprint density at radius 2 is 0.814 bits per heavy atom. The molecule has 0 rings (SSSR count). The third kappa shape index (κ3) is 54.2. The molecule has 0 aliphatic heterocycles. The van der Waals surface area contributed by atoms with E-state index in [2.05, 4.69) is 55.6 Å². The monoisotopic (exact) mass is 1010 g/mol. The van der Waals surface area contributed by atoms with Gasteiger partial charge in [0.15, 0.2) is 0 Å². The topological polar surface area (TPSA) is 105 Å². The van der Waals surface area contributed by atoms with E-state index in [1.165, 1.54) is 199 Å². The predicted molar refractivity (Wildman–Crippen MR) is 304 cm³/mol. The van der Waals surface area contributed by atoms with Crippen molar-refractivity contribution in [2.75, 3.05) is 40.9 Å². The fourth-order valence-electron chi connectivity index (χ4n) is 8.82. The molecule has 0 heterocycles. The first kappa shape index (κ1) is 68.5. The average molecular weight is 1010 g/mol. The van der Waals surface area contributed by atoms with Crippen molar-refractivity contribution < 1.29 is 32.9 Å². The van der Waals surface area contributed by atoms with Crippen LogP contribution >= 0.6 is 7.82 Å². The summed E-state index contributed by atoms with van der Waals surface area (Å²) in [5.41, 5.74) is 0. The van der Waals surface area contributed by atoms with E-state index in [0.717, 1.165) is 64.2 Å². The number of unbranched alkanes of at least 4 members (excludes halogenated alkanes) is 36. The molecule has 0 saturated heterocycles. The van der Waals surface area contributed by atoms with Gasteiger partial charge in [0.25, 0.3) is 0 Å². The van der Waals surface area contributed by atoms with E-state index in [9.17, 15) is 19.4 Å². The average Bonchev–Trinajstić information content (AvgIpc) is 3.32. The molecule has 0 bridgehead atoms. The highest BCUT2D eigenvalue weighted by atomic mass is 31.2. The third-order valence-corrected chi connectivity index (χ3v) is 14.5. The summed E-state index contributed by atoms with van der Waals surface area (Å²) in [6.45, 7) is 4.81. The van der Waals surface area contributed by atoms with Crippen LogP contribution in [-0.2, 0) is 18.4 Å². The number of aliphatic hydroxyl groups is 1. The van der Waals surface area contributed by atoms with Gasteiger partial charge >= 0.3 is 7.82 Å². The van der Waals surface area contributed by atoms with Crippen LogP contribution in [0.1, 0.15) is 284 Å². The Balaban J connectivity index is 4.17. The highest BCUT2D eigenvalue weighted by molar-refractivity contribution is 7.47. The Morgan fingerprint density at radius 1 is 0.486 bits per heavy atom. The molecule has 0 aromatic carbocycles. The van der Waals surface area contributed by atoms with Crippen molar-refractivity contribution in [1.29, 1.82) is 0 Å². The van der Waals surface area contributed by atoms with Gasteiger partial charge in [-0.3, -0.25) is 13.8 Å². The Labute approximate surface area is 435 Å². The second-order valence-electron chi connectivity index (χ2n) is 21.7. The zero-order valence-electron chi connectivity index (χ0n) is 47.0. The first-order chi connectivity index (χ1) is 34.0. The van der Waals surface area contributed by atoms with Crippen LogP contribution in [0.15, 0.2) is 48.6 Å². The first-order valence-corrected chi connectivity index (χ1v) is 31.5. The minimum atomic E-state index is -4.35. The van der Waals surface area contributed by atoms with Gasteiger partial charge in [0.05, 0.1) is 39.9 Å². The summed E-state index contributed by atoms with van der Waals surface area (Å²) in [6, 6.07) is -0.856. The highest BCUT2D eigenvalue weighted by Crippen LogP contribution is 2.43. The summed E-state index contributed by atoms with van der Waals surface area (Å²) in [6.07, 6.45) is 69.3. The standard InChI is InChI=1S/C61H117N2O6P/c1-6-8-10-12-14-16-18-20-22-24-26-27-28-29-30-31-32-33-34-35-37-38-40-42-44-46-48-50-52-54-60(64)59(58-69-70(66,67)68-57-56-63(3,4)5)62-61(65)55-53-51-49-47-45-43-41-39-36-25-23-21-19-17-15-13-11-9-7-2/h15,17,21,23,36,39,52,54,59-60,64H,6-14,16,18-20,22,24-35,37-38,40-51,53,55-58H2,1-5H3,(H-,62,65,66,67)/p+1/b17-15-,23-21-,39-36-,54-52+. The van der Waals surface area contributed by atoms with Gasteiger partial charge in [-0.2, -0.15) is 0 Å². The molecule has 3 atom stereocenters. The molecule has 0 aliphatic rings. The molecule has 0 radical (unpaired) electrons. The number of likely N-dealkylation sites (N-methyl/N-ethyl adjacent to an activating group) is 1. The van der Waals surface area contributed by atoms with E-state index < -0.39 is 20.0 Å². The summed E-state index contributed by atoms with van der Waals surface area (Å²) in [7, 11) is 1.57. The van der Waals surface area contributed by atoms with E-state index in [4.69, 9.17) is 9.05 Å². The number of carbonyl (C=O) groups is 1. The van der Waals surface area contributed by atoms with Gasteiger partial charge in [-0.05, 0) is 57.8 Å². The van der Waals surface area contributed by atoms with Gasteiger partial charge < -0.3 is 19.8 Å². The fourth-order valence-corrected chi connectivity index (χ4v) is 9.55. The maximum absolute atomic E-state index is 13.0. The van der Waals surface area contributed by atoms with Crippen LogP contribution in [0.5, 0.6) is 0 Å². The lowest BCUT2D eigenvalue weighted by Gasteiger charge is -2.25. The molecular weight excluding hydrogens is 888 g/mol. The third-order valence-electron chi connectivity index (χ3n) is 13.5. The molecule has 70 heavy (non-hydrogen) atoms. The molecule has 9 heteroatoms. The molecule has 0 aromatic rings. The second-order valence-corrected chi connectivity index (χ2v) is 23.2.